The fraction of sp³-hybridized carbons (Fsp3) is 0.429. The molecule has 0 saturated heterocycles. The van der Waals surface area contributed by atoms with E-state index in [1.165, 1.54) is 20.8 Å². The molecule has 1 heterocycles. The first-order valence-corrected chi connectivity index (χ1v) is 20.0. The smallest absolute Gasteiger partial charge is 0.407 e. The second-order valence-corrected chi connectivity index (χ2v) is 14.6. The molecule has 27 nitrogen and oxygen atoms in total. The minimum absolute atomic E-state index is 0.448. The van der Waals surface area contributed by atoms with Gasteiger partial charge in [0, 0.05) is 36.5 Å². The zero-order valence-corrected chi connectivity index (χ0v) is 38.1. The van der Waals surface area contributed by atoms with Gasteiger partial charge in [0.1, 0.15) is 76.1 Å². The van der Waals surface area contributed by atoms with Crippen molar-refractivity contribution in [1.82, 2.24) is 29.7 Å². The van der Waals surface area contributed by atoms with E-state index in [2.05, 4.69) is 55.4 Å². The molecule has 0 aromatic carbocycles. The quantitative estimate of drug-likeness (QED) is 0.0473. The second kappa shape index (κ2) is 28.5. The highest BCUT2D eigenvalue weighted by Crippen LogP contribution is 2.10. The Kier molecular flexibility index (Phi) is 24.2. The monoisotopic (exact) mass is 978 g/mol. The van der Waals surface area contributed by atoms with E-state index in [-0.39, 0.29) is 0 Å². The number of hydrogen-bond donors (Lipinski definition) is 3. The van der Waals surface area contributed by atoms with Gasteiger partial charge in [-0.05, 0) is 20.8 Å². The third kappa shape index (κ3) is 21.1. The summed E-state index contributed by atoms with van der Waals surface area (Å²) in [5, 5.41) is 7.02. The van der Waals surface area contributed by atoms with Gasteiger partial charge in [0.15, 0.2) is 0 Å². The largest absolute Gasteiger partial charge is 0.460 e. The average Bonchev–Trinajstić information content (AvgIpc) is 3.32. The Labute approximate surface area is 392 Å². The number of carbonyl (C=O) groups excluding carboxylic acids is 9. The van der Waals surface area contributed by atoms with E-state index in [1.807, 2.05) is 0 Å². The zero-order valence-electron chi connectivity index (χ0n) is 38.1. The average molecular weight is 979 g/mol. The third-order valence-electron chi connectivity index (χ3n) is 8.44. The minimum Gasteiger partial charge on any atom is -0.460 e. The van der Waals surface area contributed by atoms with Crippen molar-refractivity contribution in [2.75, 3.05) is 59.5 Å². The lowest BCUT2D eigenvalue weighted by Gasteiger charge is -2.29. The normalized spacial score (nSPS) is 10.8. The zero-order chi connectivity index (χ0) is 52.4. The van der Waals surface area contributed by atoms with Crippen molar-refractivity contribution in [3.05, 3.63) is 107 Å². The predicted molar refractivity (Wildman–Crippen MR) is 235 cm³/mol. The minimum atomic E-state index is -1.60. The van der Waals surface area contributed by atoms with E-state index < -0.39 is 167 Å². The Morgan fingerprint density at radius 2 is 0.551 bits per heavy atom. The van der Waals surface area contributed by atoms with Gasteiger partial charge >= 0.3 is 71.2 Å². The number of nitrogens with zero attached hydrogens (tertiary/aromatic N) is 3. The Morgan fingerprint density at radius 3 is 0.710 bits per heavy atom. The Morgan fingerprint density at radius 1 is 0.377 bits per heavy atom. The number of hydrogen-bond acceptors (Lipinski definition) is 21. The lowest BCUT2D eigenvalue weighted by atomic mass is 10.1. The van der Waals surface area contributed by atoms with E-state index in [0.717, 1.165) is 36.5 Å². The van der Waals surface area contributed by atoms with Crippen molar-refractivity contribution in [2.24, 2.45) is 0 Å². The molecule has 0 fully saturated rings. The molecule has 0 bridgehead atoms. The van der Waals surface area contributed by atoms with Crippen LogP contribution in [0.2, 0.25) is 0 Å². The van der Waals surface area contributed by atoms with Crippen LogP contribution in [0.15, 0.2) is 90.3 Å². The Balaban J connectivity index is 3.49. The van der Waals surface area contributed by atoms with E-state index in [4.69, 9.17) is 42.6 Å². The maximum atomic E-state index is 13.7. The van der Waals surface area contributed by atoms with Crippen LogP contribution in [0.25, 0.3) is 0 Å². The molecule has 0 aliphatic rings. The van der Waals surface area contributed by atoms with Crippen LogP contribution in [-0.2, 0) is 91.0 Å². The molecule has 3 amide bonds. The molecule has 0 aliphatic heterocycles. The van der Waals surface area contributed by atoms with Crippen molar-refractivity contribution >= 4 is 54.1 Å². The van der Waals surface area contributed by atoms with Gasteiger partial charge in [0.25, 0.3) is 0 Å². The van der Waals surface area contributed by atoms with Gasteiger partial charge in [-0.1, -0.05) is 39.5 Å². The summed E-state index contributed by atoms with van der Waals surface area (Å²) in [7, 11) is 0. The van der Waals surface area contributed by atoms with E-state index in [0.29, 0.717) is 13.7 Å². The number of ether oxygens (including phenoxy) is 9. The van der Waals surface area contributed by atoms with Crippen molar-refractivity contribution in [3.63, 3.8) is 0 Å². The van der Waals surface area contributed by atoms with Crippen LogP contribution in [0.1, 0.15) is 20.8 Å². The van der Waals surface area contributed by atoms with E-state index >= 15 is 0 Å². The molecule has 378 valence electrons. The van der Waals surface area contributed by atoms with Crippen LogP contribution in [0, 0.1) is 0 Å². The van der Waals surface area contributed by atoms with Gasteiger partial charge in [0.2, 0.25) is 0 Å². The summed E-state index contributed by atoms with van der Waals surface area (Å²) in [4.78, 5) is 150. The molecule has 69 heavy (non-hydrogen) atoms. The van der Waals surface area contributed by atoms with Crippen molar-refractivity contribution in [2.45, 2.75) is 57.0 Å². The molecule has 3 N–H and O–H groups in total. The number of carbonyl (C=O) groups is 9. The lowest BCUT2D eigenvalue weighted by molar-refractivity contribution is -0.146. The second-order valence-electron chi connectivity index (χ2n) is 14.6. The molecule has 0 aliphatic carbocycles. The molecular formula is C42H54N6O21. The van der Waals surface area contributed by atoms with Gasteiger partial charge < -0.3 is 58.6 Å². The van der Waals surface area contributed by atoms with Crippen molar-refractivity contribution < 1.29 is 85.8 Å². The molecule has 1 rings (SSSR count). The summed E-state index contributed by atoms with van der Waals surface area (Å²) in [5.41, 5.74) is -8.71. The number of nitrogens with one attached hydrogen (secondary N) is 3. The molecule has 1 aromatic rings. The van der Waals surface area contributed by atoms with Crippen LogP contribution in [0.3, 0.4) is 0 Å². The van der Waals surface area contributed by atoms with Crippen LogP contribution in [-0.4, -0.2) is 144 Å². The first-order chi connectivity index (χ1) is 32.4. The molecule has 0 unspecified atom stereocenters. The summed E-state index contributed by atoms with van der Waals surface area (Å²) in [6.07, 6.45) is 1.35. The Hall–Kier alpha value is -8.52. The highest BCUT2D eigenvalue weighted by atomic mass is 16.6. The molecular weight excluding hydrogens is 924 g/mol. The van der Waals surface area contributed by atoms with Gasteiger partial charge in [-0.15, -0.1) is 0 Å². The van der Waals surface area contributed by atoms with Crippen LogP contribution < -0.4 is 33.0 Å². The molecule has 0 radical (unpaired) electrons. The topological polar surface area (TPSA) is 339 Å². The Bertz CT molecular complexity index is 1970. The number of rotatable bonds is 30. The molecule has 27 heteroatoms. The lowest BCUT2D eigenvalue weighted by Crippen LogP contribution is -2.56. The van der Waals surface area contributed by atoms with Gasteiger partial charge in [-0.25, -0.2) is 71.2 Å². The maximum absolute atomic E-state index is 13.7. The molecule has 0 saturated carbocycles. The number of amides is 3. The highest BCUT2D eigenvalue weighted by Gasteiger charge is 2.33. The summed E-state index contributed by atoms with van der Waals surface area (Å²) in [6, 6.07) is 0. The van der Waals surface area contributed by atoms with E-state index in [1.54, 1.807) is 0 Å². The first-order valence-electron chi connectivity index (χ1n) is 20.0. The van der Waals surface area contributed by atoms with Crippen LogP contribution in [0.5, 0.6) is 0 Å². The van der Waals surface area contributed by atoms with Crippen molar-refractivity contribution in [1.29, 1.82) is 0 Å². The fourth-order valence-electron chi connectivity index (χ4n) is 4.87. The SMILES string of the molecule is C=CC(=O)OCC(C)(COC(=O)C=C)NC(=O)OCCn1c(=O)n(CCOC(=O)NC(C)(COC(=O)C=C)COC(=O)C=C)c(=O)n(CCOC(=O)NC(C)(COC(=O)C=C)COC(=O)C=C)c1=O. The number of esters is 6. The molecule has 0 atom stereocenters. The summed E-state index contributed by atoms with van der Waals surface area (Å²) in [5.74, 6) is -5.32. The maximum Gasteiger partial charge on any atom is 0.407 e. The van der Waals surface area contributed by atoms with E-state index in [9.17, 15) is 57.5 Å². The summed E-state index contributed by atoms with van der Waals surface area (Å²) in [6.45, 7) is 15.7. The van der Waals surface area contributed by atoms with Gasteiger partial charge in [-0.2, -0.15) is 0 Å². The number of alkyl carbamates (subject to hydrolysis) is 3. The van der Waals surface area contributed by atoms with Crippen LogP contribution in [0.4, 0.5) is 14.4 Å². The summed E-state index contributed by atoms with van der Waals surface area (Å²) >= 11 is 0. The molecule has 1 aromatic heterocycles. The van der Waals surface area contributed by atoms with Gasteiger partial charge in [-0.3, -0.25) is 0 Å². The van der Waals surface area contributed by atoms with Crippen LogP contribution >= 0.6 is 0 Å². The standard InChI is InChI=1S/C42H54N6O21/c1-10-28(49)64-22-40(7,23-65-29(50)11-2)43-34(55)61-19-16-46-37(58)47(17-20-62-35(56)44-41(8,24-66-30(51)12-3)25-67-31(52)13-4)39(60)48(38(46)59)18-21-63-36(57)45-42(9,26-68-32(53)14-5)27-69-33(54)15-6/h10-15H,1-6,16-27H2,7-9H3,(H,43,55)(H,44,56)(H,45,57). The first kappa shape index (κ1) is 58.5. The molecule has 0 spiro atoms. The number of aromatic nitrogens is 3. The van der Waals surface area contributed by atoms with Crippen molar-refractivity contribution in [3.8, 4) is 0 Å². The summed E-state index contributed by atoms with van der Waals surface area (Å²) < 4.78 is 46.7. The fourth-order valence-corrected chi connectivity index (χ4v) is 4.87. The van der Waals surface area contributed by atoms with Gasteiger partial charge in [0.05, 0.1) is 19.6 Å². The predicted octanol–water partition coefficient (Wildman–Crippen LogP) is -0.998. The third-order valence-corrected chi connectivity index (χ3v) is 8.44. The highest BCUT2D eigenvalue weighted by molar-refractivity contribution is 5.83.